The van der Waals surface area contributed by atoms with Crippen LogP contribution in [0, 0.1) is 0 Å². The molecule has 60 valence electrons. The second-order valence-electron chi connectivity index (χ2n) is 1.55. The van der Waals surface area contributed by atoms with E-state index in [0.717, 1.165) is 0 Å². The van der Waals surface area contributed by atoms with Crippen molar-refractivity contribution in [2.45, 2.75) is 6.92 Å². The van der Waals surface area contributed by atoms with E-state index < -0.39 is 12.6 Å². The Labute approximate surface area is 59.1 Å². The molecule has 0 radical (unpaired) electrons. The van der Waals surface area contributed by atoms with Crippen molar-refractivity contribution in [2.24, 2.45) is 0 Å². The molecule has 0 heterocycles. The van der Waals surface area contributed by atoms with Crippen LogP contribution in [0.4, 0.5) is 4.39 Å². The molecule has 0 fully saturated rings. The zero-order valence-corrected chi connectivity index (χ0v) is 5.93. The number of rotatable bonds is 5. The minimum absolute atomic E-state index is 0.0868. The predicted molar refractivity (Wildman–Crippen MR) is 33.4 cm³/mol. The predicted octanol–water partition coefficient (Wildman–Crippen LogP) is 0.536. The van der Waals surface area contributed by atoms with Gasteiger partial charge in [-0.05, 0) is 6.92 Å². The van der Waals surface area contributed by atoms with Gasteiger partial charge in [0, 0.05) is 6.61 Å². The Morgan fingerprint density at radius 1 is 1.60 bits per heavy atom. The zero-order valence-electron chi connectivity index (χ0n) is 5.93. The lowest BCUT2D eigenvalue weighted by molar-refractivity contribution is -0.149. The first-order valence-corrected chi connectivity index (χ1v) is 3.10. The van der Waals surface area contributed by atoms with Crippen LogP contribution in [-0.4, -0.2) is 32.5 Å². The van der Waals surface area contributed by atoms with E-state index in [1.165, 1.54) is 0 Å². The van der Waals surface area contributed by atoms with Gasteiger partial charge in [0.1, 0.15) is 19.9 Å². The monoisotopic (exact) mass is 150 g/mol. The number of carbonyl (C=O) groups excluding carboxylic acids is 1. The smallest absolute Gasteiger partial charge is 0.332 e. The van der Waals surface area contributed by atoms with E-state index in [2.05, 4.69) is 4.74 Å². The van der Waals surface area contributed by atoms with Crippen molar-refractivity contribution >= 4 is 5.97 Å². The molecule has 0 saturated heterocycles. The highest BCUT2D eigenvalue weighted by Gasteiger charge is 1.99. The molecule has 0 saturated carbocycles. The Morgan fingerprint density at radius 3 is 2.80 bits per heavy atom. The van der Waals surface area contributed by atoms with Gasteiger partial charge in [-0.15, -0.1) is 0 Å². The molecule has 0 spiro atoms. The van der Waals surface area contributed by atoms with Gasteiger partial charge in [0.2, 0.25) is 0 Å². The van der Waals surface area contributed by atoms with E-state index in [-0.39, 0.29) is 13.2 Å². The van der Waals surface area contributed by atoms with Crippen LogP contribution >= 0.6 is 0 Å². The molecule has 0 amide bonds. The Balaban J connectivity index is 3.09. The van der Waals surface area contributed by atoms with Gasteiger partial charge in [-0.2, -0.15) is 0 Å². The Hall–Kier alpha value is -0.640. The molecule has 0 aliphatic rings. The van der Waals surface area contributed by atoms with Crippen LogP contribution in [0.3, 0.4) is 0 Å². The summed E-state index contributed by atoms with van der Waals surface area (Å²) in [5, 5.41) is 0. The summed E-state index contributed by atoms with van der Waals surface area (Å²) < 4.78 is 20.4. The number of alkyl halides is 1. The fraction of sp³-hybridized carbons (Fsp3) is 0.833. The molecule has 0 aliphatic heterocycles. The summed E-state index contributed by atoms with van der Waals surface area (Å²) in [6.45, 7) is 1.33. The minimum atomic E-state index is -0.641. The van der Waals surface area contributed by atoms with Crippen molar-refractivity contribution in [1.29, 1.82) is 0 Å². The number of halogens is 1. The van der Waals surface area contributed by atoms with E-state index in [9.17, 15) is 9.18 Å². The maximum absolute atomic E-state index is 11.4. The highest BCUT2D eigenvalue weighted by atomic mass is 19.1. The van der Waals surface area contributed by atoms with Crippen LogP contribution in [0.2, 0.25) is 0 Å². The SMILES string of the molecule is CCOCC(=O)OCCF. The zero-order chi connectivity index (χ0) is 7.82. The summed E-state index contributed by atoms with van der Waals surface area (Å²) in [5.74, 6) is -0.514. The van der Waals surface area contributed by atoms with Crippen LogP contribution in [0.15, 0.2) is 0 Å². The van der Waals surface area contributed by atoms with E-state index in [0.29, 0.717) is 6.61 Å². The molecule has 0 N–H and O–H groups in total. The molecule has 0 aliphatic carbocycles. The molecule has 0 aromatic rings. The van der Waals surface area contributed by atoms with Gasteiger partial charge in [-0.1, -0.05) is 0 Å². The van der Waals surface area contributed by atoms with E-state index in [1.54, 1.807) is 6.92 Å². The summed E-state index contributed by atoms with van der Waals surface area (Å²) in [5.41, 5.74) is 0. The molecule has 0 unspecified atom stereocenters. The van der Waals surface area contributed by atoms with Gasteiger partial charge in [-0.25, -0.2) is 9.18 Å². The van der Waals surface area contributed by atoms with Crippen molar-refractivity contribution in [1.82, 2.24) is 0 Å². The first-order valence-electron chi connectivity index (χ1n) is 3.10. The number of hydrogen-bond acceptors (Lipinski definition) is 3. The van der Waals surface area contributed by atoms with Gasteiger partial charge in [0.15, 0.2) is 0 Å². The first-order chi connectivity index (χ1) is 4.81. The average molecular weight is 150 g/mol. The summed E-state index contributed by atoms with van der Waals surface area (Å²) in [7, 11) is 0. The van der Waals surface area contributed by atoms with Crippen molar-refractivity contribution in [2.75, 3.05) is 26.5 Å². The molecule has 0 bridgehead atoms. The summed E-state index contributed by atoms with van der Waals surface area (Å²) in [6.07, 6.45) is 0. The Bertz CT molecular complexity index is 85.0. The molecule has 3 nitrogen and oxygen atoms in total. The number of carbonyl (C=O) groups is 1. The molecular formula is C6H11FO3. The summed E-state index contributed by atoms with van der Waals surface area (Å²) in [6, 6.07) is 0. The van der Waals surface area contributed by atoms with E-state index in [1.807, 2.05) is 0 Å². The normalized spacial score (nSPS) is 9.40. The van der Waals surface area contributed by atoms with Crippen molar-refractivity contribution < 1.29 is 18.7 Å². The largest absolute Gasteiger partial charge is 0.461 e. The lowest BCUT2D eigenvalue weighted by Crippen LogP contribution is -2.13. The third-order valence-electron chi connectivity index (χ3n) is 0.764. The van der Waals surface area contributed by atoms with Crippen molar-refractivity contribution in [3.05, 3.63) is 0 Å². The maximum Gasteiger partial charge on any atom is 0.332 e. The van der Waals surface area contributed by atoms with Crippen molar-refractivity contribution in [3.63, 3.8) is 0 Å². The first kappa shape index (κ1) is 9.36. The third-order valence-corrected chi connectivity index (χ3v) is 0.764. The fourth-order valence-electron chi connectivity index (χ4n) is 0.379. The van der Waals surface area contributed by atoms with Gasteiger partial charge < -0.3 is 9.47 Å². The van der Waals surface area contributed by atoms with Gasteiger partial charge in [0.25, 0.3) is 0 Å². The molecule has 0 atom stereocenters. The molecule has 0 aromatic carbocycles. The lowest BCUT2D eigenvalue weighted by Gasteiger charge is -2.00. The Morgan fingerprint density at radius 2 is 2.30 bits per heavy atom. The quantitative estimate of drug-likeness (QED) is 0.536. The maximum atomic E-state index is 11.4. The molecule has 0 aromatic heterocycles. The standard InChI is InChI=1S/C6H11FO3/c1-2-9-5-6(8)10-4-3-7/h2-5H2,1H3. The van der Waals surface area contributed by atoms with Crippen LogP contribution in [-0.2, 0) is 14.3 Å². The average Bonchev–Trinajstić information content (AvgIpc) is 1.97. The number of esters is 1. The Kier molecular flexibility index (Phi) is 6.06. The second kappa shape index (κ2) is 6.48. The van der Waals surface area contributed by atoms with Crippen LogP contribution in [0.5, 0.6) is 0 Å². The van der Waals surface area contributed by atoms with Crippen molar-refractivity contribution in [3.8, 4) is 0 Å². The van der Waals surface area contributed by atoms with Crippen LogP contribution < -0.4 is 0 Å². The van der Waals surface area contributed by atoms with Crippen LogP contribution in [0.1, 0.15) is 6.92 Å². The topological polar surface area (TPSA) is 35.5 Å². The minimum Gasteiger partial charge on any atom is -0.461 e. The highest BCUT2D eigenvalue weighted by molar-refractivity contribution is 5.70. The lowest BCUT2D eigenvalue weighted by atomic mass is 10.7. The summed E-state index contributed by atoms with van der Waals surface area (Å²) in [4.78, 5) is 10.4. The second-order valence-corrected chi connectivity index (χ2v) is 1.55. The van der Waals surface area contributed by atoms with Gasteiger partial charge >= 0.3 is 5.97 Å². The molecule has 0 rings (SSSR count). The third kappa shape index (κ3) is 5.50. The van der Waals surface area contributed by atoms with Gasteiger partial charge in [0.05, 0.1) is 0 Å². The van der Waals surface area contributed by atoms with Crippen LogP contribution in [0.25, 0.3) is 0 Å². The fourth-order valence-corrected chi connectivity index (χ4v) is 0.379. The molecule has 10 heavy (non-hydrogen) atoms. The highest BCUT2D eigenvalue weighted by Crippen LogP contribution is 1.81. The number of ether oxygens (including phenoxy) is 2. The summed E-state index contributed by atoms with van der Waals surface area (Å²) >= 11 is 0. The number of hydrogen-bond donors (Lipinski definition) is 0. The molecule has 4 heteroatoms. The van der Waals surface area contributed by atoms with E-state index >= 15 is 0 Å². The molecular weight excluding hydrogens is 139 g/mol. The van der Waals surface area contributed by atoms with Gasteiger partial charge in [-0.3, -0.25) is 0 Å². The van der Waals surface area contributed by atoms with E-state index in [4.69, 9.17) is 4.74 Å².